The maximum Gasteiger partial charge on any atom is 0.417 e. The Balaban J connectivity index is 3.21. The number of aromatic nitrogens is 1. The van der Waals surface area contributed by atoms with Gasteiger partial charge >= 0.3 is 6.18 Å². The van der Waals surface area contributed by atoms with Gasteiger partial charge in [0.25, 0.3) is 0 Å². The Hall–Kier alpha value is -1.79. The molecule has 0 aromatic carbocycles. The zero-order valence-electron chi connectivity index (χ0n) is 7.71. The quantitative estimate of drug-likeness (QED) is 0.325. The van der Waals surface area contributed by atoms with E-state index in [-0.39, 0.29) is 17.1 Å². The molecule has 0 fully saturated rings. The van der Waals surface area contributed by atoms with Crippen molar-refractivity contribution in [3.63, 3.8) is 0 Å². The molecule has 0 bridgehead atoms. The fraction of sp³-hybridized carbons (Fsp3) is 0.250. The summed E-state index contributed by atoms with van der Waals surface area (Å²) < 4.78 is 36.7. The topological polar surface area (TPSA) is 71.5 Å². The fourth-order valence-electron chi connectivity index (χ4n) is 1.05. The SMILES string of the molecule is Cc1cc(C(F)(F)F)cnc1/C(N)=N/O. The molecule has 3 N–H and O–H groups in total. The number of hydrogen-bond donors (Lipinski definition) is 2. The van der Waals surface area contributed by atoms with Crippen LogP contribution in [0.2, 0.25) is 0 Å². The smallest absolute Gasteiger partial charge is 0.409 e. The van der Waals surface area contributed by atoms with Crippen LogP contribution in [0, 0.1) is 6.92 Å². The van der Waals surface area contributed by atoms with E-state index in [0.717, 1.165) is 6.07 Å². The van der Waals surface area contributed by atoms with E-state index < -0.39 is 11.7 Å². The van der Waals surface area contributed by atoms with Gasteiger partial charge in [-0.3, -0.25) is 4.98 Å². The van der Waals surface area contributed by atoms with Crippen LogP contribution in [-0.2, 0) is 6.18 Å². The molecule has 0 saturated carbocycles. The van der Waals surface area contributed by atoms with Crippen molar-refractivity contribution in [3.8, 4) is 0 Å². The Morgan fingerprint density at radius 3 is 2.53 bits per heavy atom. The summed E-state index contributed by atoms with van der Waals surface area (Å²) in [5.41, 5.74) is 4.57. The third kappa shape index (κ3) is 2.36. The van der Waals surface area contributed by atoms with Crippen LogP contribution in [0.1, 0.15) is 16.8 Å². The number of amidine groups is 1. The Bertz CT molecular complexity index is 401. The van der Waals surface area contributed by atoms with Gasteiger partial charge in [-0.05, 0) is 18.6 Å². The molecule has 1 rings (SSSR count). The molecule has 0 aliphatic carbocycles. The standard InChI is InChI=1S/C8H8F3N3O/c1-4-2-5(8(9,10)11)3-13-6(4)7(12)14-15/h2-3,15H,1H3,(H2,12,14). The van der Waals surface area contributed by atoms with Gasteiger partial charge < -0.3 is 10.9 Å². The van der Waals surface area contributed by atoms with Crippen molar-refractivity contribution in [2.24, 2.45) is 10.9 Å². The van der Waals surface area contributed by atoms with Gasteiger partial charge in [0.1, 0.15) is 5.69 Å². The minimum Gasteiger partial charge on any atom is -0.409 e. The Kier molecular flexibility index (Phi) is 2.83. The van der Waals surface area contributed by atoms with E-state index in [1.54, 1.807) is 0 Å². The van der Waals surface area contributed by atoms with Gasteiger partial charge in [0.05, 0.1) is 5.56 Å². The van der Waals surface area contributed by atoms with Gasteiger partial charge in [-0.15, -0.1) is 0 Å². The zero-order chi connectivity index (χ0) is 11.6. The summed E-state index contributed by atoms with van der Waals surface area (Å²) in [6.07, 6.45) is -3.80. The lowest BCUT2D eigenvalue weighted by molar-refractivity contribution is -0.137. The number of rotatable bonds is 1. The fourth-order valence-corrected chi connectivity index (χ4v) is 1.05. The summed E-state index contributed by atoms with van der Waals surface area (Å²) >= 11 is 0. The van der Waals surface area contributed by atoms with E-state index in [0.29, 0.717) is 6.20 Å². The van der Waals surface area contributed by atoms with Crippen LogP contribution in [0.5, 0.6) is 0 Å². The molecule has 0 atom stereocenters. The number of oxime groups is 1. The highest BCUT2D eigenvalue weighted by Crippen LogP contribution is 2.29. The van der Waals surface area contributed by atoms with Crippen molar-refractivity contribution in [2.45, 2.75) is 13.1 Å². The molecule has 7 heteroatoms. The van der Waals surface area contributed by atoms with Crippen LogP contribution in [-0.4, -0.2) is 16.0 Å². The maximum absolute atomic E-state index is 12.2. The number of alkyl halides is 3. The Labute approximate surface area is 83.2 Å². The lowest BCUT2D eigenvalue weighted by Gasteiger charge is -2.08. The van der Waals surface area contributed by atoms with E-state index in [4.69, 9.17) is 10.9 Å². The molecule has 15 heavy (non-hydrogen) atoms. The molecule has 4 nitrogen and oxygen atoms in total. The van der Waals surface area contributed by atoms with Crippen LogP contribution in [0.4, 0.5) is 13.2 Å². The summed E-state index contributed by atoms with van der Waals surface area (Å²) in [7, 11) is 0. The maximum atomic E-state index is 12.2. The molecule has 82 valence electrons. The number of halogens is 3. The molecular weight excluding hydrogens is 211 g/mol. The van der Waals surface area contributed by atoms with Crippen molar-refractivity contribution in [1.29, 1.82) is 0 Å². The number of pyridine rings is 1. The lowest BCUT2D eigenvalue weighted by atomic mass is 10.1. The van der Waals surface area contributed by atoms with Crippen LogP contribution in [0.25, 0.3) is 0 Å². The average Bonchev–Trinajstić information content (AvgIpc) is 2.15. The van der Waals surface area contributed by atoms with Crippen LogP contribution < -0.4 is 5.73 Å². The summed E-state index contributed by atoms with van der Waals surface area (Å²) in [5.74, 6) is -0.318. The van der Waals surface area contributed by atoms with E-state index in [9.17, 15) is 13.2 Å². The van der Waals surface area contributed by atoms with Gasteiger partial charge in [0.2, 0.25) is 0 Å². The van der Waals surface area contributed by atoms with Crippen LogP contribution in [0.3, 0.4) is 0 Å². The minimum absolute atomic E-state index is 0.0329. The van der Waals surface area contributed by atoms with Crippen molar-refractivity contribution < 1.29 is 18.4 Å². The van der Waals surface area contributed by atoms with Gasteiger partial charge in [0.15, 0.2) is 5.84 Å². The monoisotopic (exact) mass is 219 g/mol. The molecule has 0 unspecified atom stereocenters. The molecule has 0 spiro atoms. The summed E-state index contributed by atoms with van der Waals surface area (Å²) in [4.78, 5) is 3.48. The predicted octanol–water partition coefficient (Wildman–Crippen LogP) is 1.50. The van der Waals surface area contributed by atoms with E-state index in [1.165, 1.54) is 6.92 Å². The molecule has 0 amide bonds. The largest absolute Gasteiger partial charge is 0.417 e. The van der Waals surface area contributed by atoms with E-state index >= 15 is 0 Å². The summed E-state index contributed by atoms with van der Waals surface area (Å²) in [5, 5.41) is 11.0. The normalized spacial score (nSPS) is 12.9. The molecular formula is C8H8F3N3O. The van der Waals surface area contributed by atoms with Crippen molar-refractivity contribution in [3.05, 3.63) is 29.1 Å². The lowest BCUT2D eigenvalue weighted by Crippen LogP contribution is -2.18. The molecule has 0 aliphatic rings. The molecule has 1 aromatic rings. The van der Waals surface area contributed by atoms with Crippen molar-refractivity contribution in [1.82, 2.24) is 4.98 Å². The second-order valence-corrected chi connectivity index (χ2v) is 2.87. The van der Waals surface area contributed by atoms with Crippen LogP contribution in [0.15, 0.2) is 17.4 Å². The first-order chi connectivity index (χ1) is 6.86. The van der Waals surface area contributed by atoms with Gasteiger partial charge in [0, 0.05) is 6.20 Å². The molecule has 1 aromatic heterocycles. The van der Waals surface area contributed by atoms with Crippen molar-refractivity contribution >= 4 is 5.84 Å². The van der Waals surface area contributed by atoms with Crippen LogP contribution >= 0.6 is 0 Å². The number of nitrogens with two attached hydrogens (primary N) is 1. The van der Waals surface area contributed by atoms with E-state index in [1.807, 2.05) is 0 Å². The Morgan fingerprint density at radius 2 is 2.13 bits per heavy atom. The van der Waals surface area contributed by atoms with Crippen molar-refractivity contribution in [2.75, 3.05) is 0 Å². The number of nitrogens with zero attached hydrogens (tertiary/aromatic N) is 2. The molecule has 0 aliphatic heterocycles. The Morgan fingerprint density at radius 1 is 1.53 bits per heavy atom. The number of aryl methyl sites for hydroxylation is 1. The third-order valence-electron chi connectivity index (χ3n) is 1.76. The number of hydrogen-bond acceptors (Lipinski definition) is 3. The third-order valence-corrected chi connectivity index (χ3v) is 1.76. The first-order valence-electron chi connectivity index (χ1n) is 3.88. The van der Waals surface area contributed by atoms with Gasteiger partial charge in [-0.25, -0.2) is 0 Å². The predicted molar refractivity (Wildman–Crippen MR) is 46.5 cm³/mol. The molecule has 0 saturated heterocycles. The summed E-state index contributed by atoms with van der Waals surface area (Å²) in [6, 6.07) is 0.889. The highest BCUT2D eigenvalue weighted by atomic mass is 19.4. The minimum atomic E-state index is -4.44. The van der Waals surface area contributed by atoms with E-state index in [2.05, 4.69) is 10.1 Å². The second-order valence-electron chi connectivity index (χ2n) is 2.87. The first kappa shape index (κ1) is 11.3. The molecule has 0 radical (unpaired) electrons. The zero-order valence-corrected chi connectivity index (χ0v) is 7.71. The first-order valence-corrected chi connectivity index (χ1v) is 3.88. The highest BCUT2D eigenvalue weighted by Gasteiger charge is 2.31. The highest BCUT2D eigenvalue weighted by molar-refractivity contribution is 5.96. The molecule has 1 heterocycles. The summed E-state index contributed by atoms with van der Waals surface area (Å²) in [6.45, 7) is 1.40. The van der Waals surface area contributed by atoms with Gasteiger partial charge in [-0.2, -0.15) is 13.2 Å². The van der Waals surface area contributed by atoms with Gasteiger partial charge in [-0.1, -0.05) is 5.16 Å². The second kappa shape index (κ2) is 3.76. The average molecular weight is 219 g/mol.